The minimum atomic E-state index is -0.592. The van der Waals surface area contributed by atoms with Crippen LogP contribution in [0.15, 0.2) is 66.7 Å². The van der Waals surface area contributed by atoms with Gasteiger partial charge < -0.3 is 24.0 Å². The third kappa shape index (κ3) is 3.87. The number of morpholine rings is 1. The van der Waals surface area contributed by atoms with Gasteiger partial charge in [-0.2, -0.15) is 0 Å². The molecule has 0 atom stereocenters. The maximum Gasteiger partial charge on any atom is 0.329 e. The first kappa shape index (κ1) is 23.1. The molecule has 3 aromatic rings. The fourth-order valence-corrected chi connectivity index (χ4v) is 5.94. The summed E-state index contributed by atoms with van der Waals surface area (Å²) in [4.78, 5) is 32.9. The van der Waals surface area contributed by atoms with E-state index < -0.39 is 5.60 Å². The smallest absolute Gasteiger partial charge is 0.329 e. The van der Waals surface area contributed by atoms with E-state index in [9.17, 15) is 9.59 Å². The molecular weight excluding hydrogens is 482 g/mol. The normalized spacial score (nSPS) is 19.7. The zero-order valence-corrected chi connectivity index (χ0v) is 21.1. The Bertz CT molecular complexity index is 1360. The molecule has 4 aliphatic rings. The number of amides is 2. The SMILES string of the molecule is O=C1CC2(CCN(C(=O)N3c4ccccc4Oc4ccccc43)CC2)Oc2cc(N3CCOCC3)ccc21. The van der Waals surface area contributed by atoms with Crippen molar-refractivity contribution < 1.29 is 23.8 Å². The van der Waals surface area contributed by atoms with Crippen LogP contribution in [0, 0.1) is 0 Å². The lowest BCUT2D eigenvalue weighted by Gasteiger charge is -2.45. The van der Waals surface area contributed by atoms with Gasteiger partial charge in [0.2, 0.25) is 0 Å². The van der Waals surface area contributed by atoms with Crippen LogP contribution in [-0.2, 0) is 4.74 Å². The number of Topliss-reactive ketones (excluding diaryl/α,β-unsaturated/α-hetero) is 1. The number of piperidine rings is 1. The number of ether oxygens (including phenoxy) is 3. The number of hydrogen-bond acceptors (Lipinski definition) is 6. The standard InChI is InChI=1S/C30H29N3O5/c34-25-20-30(38-28-19-21(9-10-22(25)28)31-15-17-36-18-16-31)11-13-32(14-12-30)29(35)33-23-5-1-3-7-26(23)37-27-8-4-2-6-24(27)33/h1-10,19H,11-18,20H2. The van der Waals surface area contributed by atoms with Gasteiger partial charge in [-0.1, -0.05) is 24.3 Å². The van der Waals surface area contributed by atoms with Gasteiger partial charge in [0.05, 0.1) is 36.6 Å². The van der Waals surface area contributed by atoms with E-state index in [0.717, 1.165) is 30.2 Å². The van der Waals surface area contributed by atoms with Gasteiger partial charge in [-0.3, -0.25) is 9.69 Å². The van der Waals surface area contributed by atoms with Crippen LogP contribution in [-0.4, -0.2) is 61.7 Å². The summed E-state index contributed by atoms with van der Waals surface area (Å²) in [6, 6.07) is 21.0. The summed E-state index contributed by atoms with van der Waals surface area (Å²) in [6.07, 6.45) is 1.53. The molecule has 2 fully saturated rings. The predicted octanol–water partition coefficient (Wildman–Crippen LogP) is 5.39. The lowest BCUT2D eigenvalue weighted by atomic mass is 9.82. The minimum Gasteiger partial charge on any atom is -0.486 e. The van der Waals surface area contributed by atoms with Crippen LogP contribution in [0.3, 0.4) is 0 Å². The molecule has 0 saturated carbocycles. The fraction of sp³-hybridized carbons (Fsp3) is 0.333. The lowest BCUT2D eigenvalue weighted by Crippen LogP contribution is -2.54. The van der Waals surface area contributed by atoms with Gasteiger partial charge in [0.25, 0.3) is 0 Å². The fourth-order valence-electron chi connectivity index (χ4n) is 5.94. The number of hydrogen-bond donors (Lipinski definition) is 0. The Kier molecular flexibility index (Phi) is 5.51. The first-order valence-electron chi connectivity index (χ1n) is 13.2. The van der Waals surface area contributed by atoms with Crippen molar-refractivity contribution in [3.05, 3.63) is 72.3 Å². The van der Waals surface area contributed by atoms with Crippen molar-refractivity contribution in [2.45, 2.75) is 24.9 Å². The van der Waals surface area contributed by atoms with E-state index in [1.165, 1.54) is 0 Å². The van der Waals surface area contributed by atoms with Crippen molar-refractivity contribution in [2.24, 2.45) is 0 Å². The van der Waals surface area contributed by atoms with E-state index >= 15 is 0 Å². The maximum absolute atomic E-state index is 13.9. The van der Waals surface area contributed by atoms with Crippen molar-refractivity contribution in [1.29, 1.82) is 0 Å². The zero-order chi connectivity index (χ0) is 25.7. The highest BCUT2D eigenvalue weighted by Gasteiger charge is 2.45. The van der Waals surface area contributed by atoms with Gasteiger partial charge in [-0.25, -0.2) is 4.79 Å². The summed E-state index contributed by atoms with van der Waals surface area (Å²) in [5, 5.41) is 0. The van der Waals surface area contributed by atoms with Crippen LogP contribution < -0.4 is 19.3 Å². The van der Waals surface area contributed by atoms with Crippen molar-refractivity contribution in [1.82, 2.24) is 4.90 Å². The quantitative estimate of drug-likeness (QED) is 0.437. The third-order valence-corrected chi connectivity index (χ3v) is 8.02. The molecule has 0 aromatic heterocycles. The Morgan fingerprint density at radius 1 is 0.789 bits per heavy atom. The van der Waals surface area contributed by atoms with Crippen molar-refractivity contribution in [2.75, 3.05) is 49.2 Å². The molecular formula is C30H29N3O5. The second-order valence-electron chi connectivity index (χ2n) is 10.3. The predicted molar refractivity (Wildman–Crippen MR) is 143 cm³/mol. The number of likely N-dealkylation sites (tertiary alicyclic amines) is 1. The summed E-state index contributed by atoms with van der Waals surface area (Å²) < 4.78 is 18.1. The summed E-state index contributed by atoms with van der Waals surface area (Å²) in [6.45, 7) is 4.05. The molecule has 4 heterocycles. The number of benzene rings is 3. The number of carbonyl (C=O) groups excluding carboxylic acids is 2. The number of carbonyl (C=O) groups is 2. The van der Waals surface area contributed by atoms with E-state index in [4.69, 9.17) is 14.2 Å². The molecule has 0 N–H and O–H groups in total. The Labute approximate surface area is 221 Å². The van der Waals surface area contributed by atoms with E-state index in [-0.39, 0.29) is 11.8 Å². The topological polar surface area (TPSA) is 71.6 Å². The van der Waals surface area contributed by atoms with Crippen LogP contribution in [0.5, 0.6) is 17.2 Å². The molecule has 7 rings (SSSR count). The molecule has 0 bridgehead atoms. The lowest BCUT2D eigenvalue weighted by molar-refractivity contribution is 0.0000232. The highest BCUT2D eigenvalue weighted by molar-refractivity contribution is 6.04. The summed E-state index contributed by atoms with van der Waals surface area (Å²) in [5.41, 5.74) is 2.56. The van der Waals surface area contributed by atoms with Gasteiger partial charge in [0.1, 0.15) is 11.4 Å². The van der Waals surface area contributed by atoms with Crippen molar-refractivity contribution in [3.63, 3.8) is 0 Å². The molecule has 38 heavy (non-hydrogen) atoms. The largest absolute Gasteiger partial charge is 0.486 e. The monoisotopic (exact) mass is 511 g/mol. The van der Waals surface area contributed by atoms with Crippen LogP contribution in [0.4, 0.5) is 21.9 Å². The average Bonchev–Trinajstić information content (AvgIpc) is 2.96. The second-order valence-corrected chi connectivity index (χ2v) is 10.3. The second kappa shape index (κ2) is 9.06. The Morgan fingerprint density at radius 3 is 2.13 bits per heavy atom. The molecule has 0 radical (unpaired) electrons. The van der Waals surface area contributed by atoms with E-state index in [1.807, 2.05) is 71.6 Å². The average molecular weight is 512 g/mol. The van der Waals surface area contributed by atoms with Crippen LogP contribution >= 0.6 is 0 Å². The minimum absolute atomic E-state index is 0.0970. The number of ketones is 1. The summed E-state index contributed by atoms with van der Waals surface area (Å²) in [5.74, 6) is 2.07. The number of nitrogens with zero attached hydrogens (tertiary/aromatic N) is 3. The number of rotatable bonds is 1. The van der Waals surface area contributed by atoms with Gasteiger partial charge in [0.15, 0.2) is 17.3 Å². The van der Waals surface area contributed by atoms with Crippen LogP contribution in [0.25, 0.3) is 0 Å². The molecule has 8 nitrogen and oxygen atoms in total. The van der Waals surface area contributed by atoms with Gasteiger partial charge in [-0.15, -0.1) is 0 Å². The molecule has 2 amide bonds. The Balaban J connectivity index is 1.11. The van der Waals surface area contributed by atoms with Gasteiger partial charge in [0, 0.05) is 50.8 Å². The van der Waals surface area contributed by atoms with Gasteiger partial charge >= 0.3 is 6.03 Å². The number of anilines is 3. The number of fused-ring (bicyclic) bond motifs is 3. The highest BCUT2D eigenvalue weighted by Crippen LogP contribution is 2.47. The maximum atomic E-state index is 13.9. The highest BCUT2D eigenvalue weighted by atomic mass is 16.5. The van der Waals surface area contributed by atoms with Crippen LogP contribution in [0.1, 0.15) is 29.6 Å². The molecule has 194 valence electrons. The summed E-state index contributed by atoms with van der Waals surface area (Å²) >= 11 is 0. The first-order valence-corrected chi connectivity index (χ1v) is 13.2. The molecule has 8 heteroatoms. The molecule has 3 aromatic carbocycles. The van der Waals surface area contributed by atoms with E-state index in [1.54, 1.807) is 4.90 Å². The third-order valence-electron chi connectivity index (χ3n) is 8.02. The van der Waals surface area contributed by atoms with Crippen molar-refractivity contribution in [3.8, 4) is 17.2 Å². The van der Waals surface area contributed by atoms with Crippen molar-refractivity contribution >= 4 is 28.9 Å². The van der Waals surface area contributed by atoms with Crippen LogP contribution in [0.2, 0.25) is 0 Å². The van der Waals surface area contributed by atoms with E-state index in [2.05, 4.69) is 4.90 Å². The Morgan fingerprint density at radius 2 is 1.45 bits per heavy atom. The zero-order valence-electron chi connectivity index (χ0n) is 21.1. The number of para-hydroxylation sites is 4. The molecule has 4 aliphatic heterocycles. The summed E-state index contributed by atoms with van der Waals surface area (Å²) in [7, 11) is 0. The Hall–Kier alpha value is -4.04. The molecule has 0 aliphatic carbocycles. The molecule has 2 saturated heterocycles. The number of urea groups is 1. The molecule has 0 unspecified atom stereocenters. The first-order chi connectivity index (χ1) is 18.6. The van der Waals surface area contributed by atoms with Gasteiger partial charge in [-0.05, 0) is 36.4 Å². The van der Waals surface area contributed by atoms with E-state index in [0.29, 0.717) is 68.4 Å². The molecule has 1 spiro atoms.